The minimum atomic E-state index is -0.659. The fraction of sp³-hybridized carbons (Fsp3) is 0.333. The van der Waals surface area contributed by atoms with E-state index in [2.05, 4.69) is 10.6 Å². The Kier molecular flexibility index (Phi) is 5.32. The van der Waals surface area contributed by atoms with E-state index in [4.69, 9.17) is 4.74 Å². The number of benzene rings is 1. The molecule has 0 fully saturated rings. The molecule has 0 aromatic heterocycles. The normalized spacial score (nSPS) is 11.7. The number of amides is 2. The predicted octanol–water partition coefficient (Wildman–Crippen LogP) is 3.05. The maximum Gasteiger partial charge on any atom is 0.413 e. The van der Waals surface area contributed by atoms with Crippen LogP contribution in [0.1, 0.15) is 27.7 Å². The van der Waals surface area contributed by atoms with Crippen molar-refractivity contribution in [2.75, 3.05) is 5.32 Å². The molecule has 20 heavy (non-hydrogen) atoms. The third-order valence-corrected chi connectivity index (χ3v) is 2.20. The van der Waals surface area contributed by atoms with Gasteiger partial charge in [-0.2, -0.15) is 0 Å². The van der Waals surface area contributed by atoms with Gasteiger partial charge in [-0.05, 0) is 45.9 Å². The Hall–Kier alpha value is -2.30. The number of nitrogens with one attached hydrogen (secondary N) is 2. The number of carbonyl (C=O) groups excluding carboxylic acids is 2. The zero-order chi connectivity index (χ0) is 15.2. The van der Waals surface area contributed by atoms with Gasteiger partial charge in [0.2, 0.25) is 0 Å². The summed E-state index contributed by atoms with van der Waals surface area (Å²) in [6.07, 6.45) is 0.786. The maximum atomic E-state index is 12.0. The number of ether oxygens (including phenoxy) is 1. The average Bonchev–Trinajstić information content (AvgIpc) is 2.35. The van der Waals surface area contributed by atoms with Crippen molar-refractivity contribution in [3.8, 4) is 0 Å². The molecular weight excluding hydrogens is 256 g/mol. The summed E-state index contributed by atoms with van der Waals surface area (Å²) in [5.74, 6) is -0.515. The topological polar surface area (TPSA) is 67.4 Å². The molecule has 0 saturated carbocycles. The Balaban J connectivity index is 2.63. The highest BCUT2D eigenvalue weighted by atomic mass is 16.6. The van der Waals surface area contributed by atoms with Crippen LogP contribution in [-0.2, 0) is 9.53 Å². The van der Waals surface area contributed by atoms with Crippen LogP contribution in [0, 0.1) is 0 Å². The van der Waals surface area contributed by atoms with E-state index in [-0.39, 0.29) is 5.76 Å². The molecule has 0 heterocycles. The van der Waals surface area contributed by atoms with Gasteiger partial charge in [0.05, 0.1) is 0 Å². The second-order valence-electron chi connectivity index (χ2n) is 5.24. The number of para-hydroxylation sites is 1. The van der Waals surface area contributed by atoms with Crippen molar-refractivity contribution in [2.24, 2.45) is 0 Å². The summed E-state index contributed by atoms with van der Waals surface area (Å²) in [4.78, 5) is 23.6. The van der Waals surface area contributed by atoms with Crippen LogP contribution in [0.4, 0.5) is 10.5 Å². The molecule has 0 saturated heterocycles. The van der Waals surface area contributed by atoms with Crippen LogP contribution in [0.3, 0.4) is 0 Å². The maximum absolute atomic E-state index is 12.0. The van der Waals surface area contributed by atoms with Gasteiger partial charge < -0.3 is 15.4 Å². The molecule has 0 radical (unpaired) electrons. The molecular formula is C15H20N2O3. The first kappa shape index (κ1) is 15.8. The van der Waals surface area contributed by atoms with Gasteiger partial charge >= 0.3 is 6.09 Å². The zero-order valence-electron chi connectivity index (χ0n) is 12.2. The Morgan fingerprint density at radius 3 is 2.25 bits per heavy atom. The molecule has 108 valence electrons. The Morgan fingerprint density at radius 1 is 1.15 bits per heavy atom. The van der Waals surface area contributed by atoms with E-state index in [1.54, 1.807) is 31.2 Å². The molecule has 0 unspecified atom stereocenters. The van der Waals surface area contributed by atoms with Gasteiger partial charge in [-0.1, -0.05) is 18.2 Å². The van der Waals surface area contributed by atoms with Gasteiger partial charge in [0.25, 0.3) is 5.91 Å². The molecule has 5 heteroatoms. The van der Waals surface area contributed by atoms with Gasteiger partial charge in [0.1, 0.15) is 0 Å². The molecule has 1 aromatic carbocycles. The van der Waals surface area contributed by atoms with E-state index in [1.807, 2.05) is 26.8 Å². The lowest BCUT2D eigenvalue weighted by Crippen LogP contribution is -2.41. The summed E-state index contributed by atoms with van der Waals surface area (Å²) in [6.45, 7) is 7.11. The zero-order valence-corrected chi connectivity index (χ0v) is 12.2. The summed E-state index contributed by atoms with van der Waals surface area (Å²) < 4.78 is 5.01. The van der Waals surface area contributed by atoms with E-state index in [0.717, 1.165) is 0 Å². The van der Waals surface area contributed by atoms with Crippen LogP contribution in [0.2, 0.25) is 0 Å². The highest BCUT2D eigenvalue weighted by Crippen LogP contribution is 2.09. The molecule has 1 aromatic rings. The first-order valence-corrected chi connectivity index (χ1v) is 6.34. The third-order valence-electron chi connectivity index (χ3n) is 2.20. The highest BCUT2D eigenvalue weighted by Gasteiger charge is 2.19. The van der Waals surface area contributed by atoms with Crippen molar-refractivity contribution in [2.45, 2.75) is 33.2 Å². The smallest absolute Gasteiger partial charge is 0.405 e. The van der Waals surface area contributed by atoms with E-state index in [0.29, 0.717) is 5.69 Å². The fourth-order valence-electron chi connectivity index (χ4n) is 1.38. The Labute approximate surface area is 119 Å². The number of hydrogen-bond donors (Lipinski definition) is 2. The van der Waals surface area contributed by atoms with E-state index in [1.165, 1.54) is 6.08 Å². The second-order valence-corrected chi connectivity index (χ2v) is 5.24. The first-order chi connectivity index (χ1) is 9.31. The monoisotopic (exact) mass is 276 g/mol. The fourth-order valence-corrected chi connectivity index (χ4v) is 1.38. The number of rotatable bonds is 3. The lowest BCUT2D eigenvalue weighted by Gasteiger charge is -2.20. The van der Waals surface area contributed by atoms with Crippen molar-refractivity contribution in [1.29, 1.82) is 0 Å². The lowest BCUT2D eigenvalue weighted by molar-refractivity contribution is -0.115. The largest absolute Gasteiger partial charge is 0.413 e. The summed E-state index contributed by atoms with van der Waals surface area (Å²) >= 11 is 0. The molecule has 0 spiro atoms. The van der Waals surface area contributed by atoms with Gasteiger partial charge in [-0.15, -0.1) is 0 Å². The summed E-state index contributed by atoms with van der Waals surface area (Å²) in [7, 11) is 0. The summed E-state index contributed by atoms with van der Waals surface area (Å²) in [5, 5.41) is 5.27. The Morgan fingerprint density at radius 2 is 1.75 bits per heavy atom. The minimum absolute atomic E-state index is 0.0457. The molecule has 1 rings (SSSR count). The second kappa shape index (κ2) is 6.75. The van der Waals surface area contributed by atoms with E-state index in [9.17, 15) is 9.59 Å². The van der Waals surface area contributed by atoms with Crippen molar-refractivity contribution in [3.05, 3.63) is 42.2 Å². The SMILES string of the molecule is C/C=C(\OC(=O)NC(C)(C)C)C(=O)Nc1ccccc1. The minimum Gasteiger partial charge on any atom is -0.405 e. The predicted molar refractivity (Wildman–Crippen MR) is 78.2 cm³/mol. The molecule has 0 aliphatic rings. The summed E-state index contributed by atoms with van der Waals surface area (Å²) in [5.41, 5.74) is 0.211. The summed E-state index contributed by atoms with van der Waals surface area (Å²) in [6, 6.07) is 8.95. The van der Waals surface area contributed by atoms with Crippen molar-refractivity contribution < 1.29 is 14.3 Å². The highest BCUT2D eigenvalue weighted by molar-refractivity contribution is 6.03. The van der Waals surface area contributed by atoms with Gasteiger partial charge in [0.15, 0.2) is 5.76 Å². The van der Waals surface area contributed by atoms with Gasteiger partial charge in [-0.25, -0.2) is 4.79 Å². The van der Waals surface area contributed by atoms with Crippen molar-refractivity contribution in [1.82, 2.24) is 5.32 Å². The lowest BCUT2D eigenvalue weighted by atomic mass is 10.1. The number of hydrogen-bond acceptors (Lipinski definition) is 3. The molecule has 0 aliphatic carbocycles. The molecule has 0 aliphatic heterocycles. The molecule has 0 atom stereocenters. The number of anilines is 1. The molecule has 2 N–H and O–H groups in total. The molecule has 0 bridgehead atoms. The van der Waals surface area contributed by atoms with E-state index >= 15 is 0 Å². The standard InChI is InChI=1S/C15H20N2O3/c1-5-12(20-14(19)17-15(2,3)4)13(18)16-11-9-7-6-8-10-11/h5-10H,1-4H3,(H,16,18)(H,17,19)/b12-5-. The van der Waals surface area contributed by atoms with Crippen molar-refractivity contribution >= 4 is 17.7 Å². The van der Waals surface area contributed by atoms with E-state index < -0.39 is 17.5 Å². The average molecular weight is 276 g/mol. The third kappa shape index (κ3) is 5.56. The van der Waals surface area contributed by atoms with Gasteiger partial charge in [-0.3, -0.25) is 4.79 Å². The van der Waals surface area contributed by atoms with Crippen LogP contribution in [0.25, 0.3) is 0 Å². The van der Waals surface area contributed by atoms with Crippen LogP contribution in [-0.4, -0.2) is 17.5 Å². The first-order valence-electron chi connectivity index (χ1n) is 6.34. The van der Waals surface area contributed by atoms with Crippen LogP contribution < -0.4 is 10.6 Å². The quantitative estimate of drug-likeness (QED) is 0.658. The van der Waals surface area contributed by atoms with Crippen LogP contribution in [0.5, 0.6) is 0 Å². The number of carbonyl (C=O) groups is 2. The number of alkyl carbamates (subject to hydrolysis) is 1. The molecule has 5 nitrogen and oxygen atoms in total. The number of allylic oxidation sites excluding steroid dienone is 1. The Bertz CT molecular complexity index is 502. The molecule has 2 amide bonds. The van der Waals surface area contributed by atoms with Crippen LogP contribution in [0.15, 0.2) is 42.2 Å². The van der Waals surface area contributed by atoms with Crippen LogP contribution >= 0.6 is 0 Å². The van der Waals surface area contributed by atoms with Crippen molar-refractivity contribution in [3.63, 3.8) is 0 Å². The van der Waals surface area contributed by atoms with Gasteiger partial charge in [0, 0.05) is 11.2 Å².